The van der Waals surface area contributed by atoms with E-state index >= 15 is 0 Å². The molecule has 0 heterocycles. The summed E-state index contributed by atoms with van der Waals surface area (Å²) in [7, 11) is 0. The Bertz CT molecular complexity index is 624. The third-order valence-electron chi connectivity index (χ3n) is 3.68. The Hall–Kier alpha value is -1.89. The Balaban J connectivity index is 2.23. The van der Waals surface area contributed by atoms with Gasteiger partial charge < -0.3 is 0 Å². The molecule has 0 unspecified atom stereocenters. The van der Waals surface area contributed by atoms with Gasteiger partial charge in [-0.2, -0.15) is 0 Å². The van der Waals surface area contributed by atoms with Gasteiger partial charge in [0, 0.05) is 12.0 Å². The summed E-state index contributed by atoms with van der Waals surface area (Å²) < 4.78 is 0. The van der Waals surface area contributed by atoms with Gasteiger partial charge in [-0.1, -0.05) is 35.9 Å². The minimum absolute atomic E-state index is 0.190. The van der Waals surface area contributed by atoms with Gasteiger partial charge in [0.25, 0.3) is 0 Å². The number of ketones is 1. The van der Waals surface area contributed by atoms with Crippen LogP contribution in [0.15, 0.2) is 36.4 Å². The van der Waals surface area contributed by atoms with Crippen LogP contribution in [0.25, 0.3) is 0 Å². The predicted molar refractivity (Wildman–Crippen MR) is 79.9 cm³/mol. The summed E-state index contributed by atoms with van der Waals surface area (Å²) in [5.74, 6) is 0.190. The van der Waals surface area contributed by atoms with E-state index < -0.39 is 0 Å². The Morgan fingerprint density at radius 2 is 1.58 bits per heavy atom. The van der Waals surface area contributed by atoms with E-state index in [1.54, 1.807) is 0 Å². The molecule has 0 fully saturated rings. The first-order valence-electron chi connectivity index (χ1n) is 6.64. The van der Waals surface area contributed by atoms with Crippen LogP contribution < -0.4 is 0 Å². The summed E-state index contributed by atoms with van der Waals surface area (Å²) in [4.78, 5) is 12.3. The summed E-state index contributed by atoms with van der Waals surface area (Å²) in [6.45, 7) is 8.24. The highest BCUT2D eigenvalue weighted by Crippen LogP contribution is 2.16. The van der Waals surface area contributed by atoms with E-state index in [1.165, 1.54) is 22.3 Å². The first kappa shape index (κ1) is 13.5. The third kappa shape index (κ3) is 3.11. The Kier molecular flexibility index (Phi) is 3.84. The van der Waals surface area contributed by atoms with Gasteiger partial charge in [0.05, 0.1) is 0 Å². The van der Waals surface area contributed by atoms with Crippen molar-refractivity contribution in [3.63, 3.8) is 0 Å². The molecule has 0 aliphatic rings. The van der Waals surface area contributed by atoms with Crippen molar-refractivity contribution in [1.82, 2.24) is 0 Å². The lowest BCUT2D eigenvalue weighted by molar-refractivity contribution is 0.0992. The van der Waals surface area contributed by atoms with Crippen LogP contribution >= 0.6 is 0 Å². The number of Topliss-reactive ketones (excluding diaryl/α,β-unsaturated/α-hetero) is 1. The maximum Gasteiger partial charge on any atom is 0.167 e. The summed E-state index contributed by atoms with van der Waals surface area (Å²) in [5, 5.41) is 0. The summed E-state index contributed by atoms with van der Waals surface area (Å²) in [6.07, 6.45) is 0.481. The number of hydrogen-bond acceptors (Lipinski definition) is 1. The van der Waals surface area contributed by atoms with Gasteiger partial charge in [0.2, 0.25) is 0 Å². The molecular formula is C18H20O. The topological polar surface area (TPSA) is 17.1 Å². The van der Waals surface area contributed by atoms with Crippen LogP contribution in [0.4, 0.5) is 0 Å². The SMILES string of the molecule is Cc1ccc(CC(=O)c2ccc(C)c(C)c2)c(C)c1. The van der Waals surface area contributed by atoms with Crippen LogP contribution in [0, 0.1) is 27.7 Å². The Labute approximate surface area is 115 Å². The average Bonchev–Trinajstić information content (AvgIpc) is 2.36. The molecule has 0 amide bonds. The molecule has 0 spiro atoms. The molecule has 0 N–H and O–H groups in total. The molecule has 0 aliphatic carbocycles. The fourth-order valence-corrected chi connectivity index (χ4v) is 2.23. The van der Waals surface area contributed by atoms with E-state index in [0.717, 1.165) is 11.1 Å². The van der Waals surface area contributed by atoms with Gasteiger partial charge >= 0.3 is 0 Å². The molecule has 2 aromatic carbocycles. The van der Waals surface area contributed by atoms with Gasteiger partial charge in [-0.05, 0) is 56.0 Å². The van der Waals surface area contributed by atoms with E-state index in [-0.39, 0.29) is 5.78 Å². The zero-order valence-corrected chi connectivity index (χ0v) is 12.1. The van der Waals surface area contributed by atoms with Gasteiger partial charge in [-0.15, -0.1) is 0 Å². The van der Waals surface area contributed by atoms with Crippen LogP contribution in [0.3, 0.4) is 0 Å². The monoisotopic (exact) mass is 252 g/mol. The molecule has 19 heavy (non-hydrogen) atoms. The Morgan fingerprint density at radius 3 is 2.21 bits per heavy atom. The van der Waals surface area contributed by atoms with Crippen molar-refractivity contribution in [1.29, 1.82) is 0 Å². The molecule has 2 rings (SSSR count). The molecular weight excluding hydrogens is 232 g/mol. The summed E-state index contributed by atoms with van der Waals surface area (Å²) in [5.41, 5.74) is 6.75. The summed E-state index contributed by atoms with van der Waals surface area (Å²) >= 11 is 0. The lowest BCUT2D eigenvalue weighted by Gasteiger charge is -2.08. The molecule has 0 bridgehead atoms. The van der Waals surface area contributed by atoms with Crippen molar-refractivity contribution in [2.75, 3.05) is 0 Å². The van der Waals surface area contributed by atoms with Crippen LogP contribution in [0.1, 0.15) is 38.2 Å². The molecule has 0 radical (unpaired) electrons. The molecule has 0 saturated heterocycles. The molecule has 2 aromatic rings. The lowest BCUT2D eigenvalue weighted by atomic mass is 9.96. The number of aryl methyl sites for hydroxylation is 4. The van der Waals surface area contributed by atoms with Gasteiger partial charge in [0.1, 0.15) is 0 Å². The quantitative estimate of drug-likeness (QED) is 0.742. The second-order valence-corrected chi connectivity index (χ2v) is 5.33. The largest absolute Gasteiger partial charge is 0.294 e. The van der Waals surface area contributed by atoms with Gasteiger partial charge in [-0.25, -0.2) is 0 Å². The molecule has 0 aliphatic heterocycles. The first-order valence-corrected chi connectivity index (χ1v) is 6.64. The molecule has 98 valence electrons. The van der Waals surface area contributed by atoms with E-state index in [4.69, 9.17) is 0 Å². The normalized spacial score (nSPS) is 10.5. The van der Waals surface area contributed by atoms with Crippen LogP contribution in [0.2, 0.25) is 0 Å². The number of hydrogen-bond donors (Lipinski definition) is 0. The third-order valence-corrected chi connectivity index (χ3v) is 3.68. The van der Waals surface area contributed by atoms with Crippen molar-refractivity contribution < 1.29 is 4.79 Å². The Morgan fingerprint density at radius 1 is 0.842 bits per heavy atom. The minimum atomic E-state index is 0.190. The van der Waals surface area contributed by atoms with Crippen LogP contribution in [0.5, 0.6) is 0 Å². The zero-order chi connectivity index (χ0) is 14.0. The van der Waals surface area contributed by atoms with E-state index in [2.05, 4.69) is 39.0 Å². The first-order chi connectivity index (χ1) is 8.97. The summed E-state index contributed by atoms with van der Waals surface area (Å²) in [6, 6.07) is 12.2. The van der Waals surface area contributed by atoms with Crippen molar-refractivity contribution in [2.45, 2.75) is 34.1 Å². The highest BCUT2D eigenvalue weighted by molar-refractivity contribution is 5.97. The molecule has 0 atom stereocenters. The van der Waals surface area contributed by atoms with Crippen molar-refractivity contribution >= 4 is 5.78 Å². The van der Waals surface area contributed by atoms with E-state index in [1.807, 2.05) is 25.1 Å². The highest BCUT2D eigenvalue weighted by atomic mass is 16.1. The fourth-order valence-electron chi connectivity index (χ4n) is 2.23. The van der Waals surface area contributed by atoms with Crippen LogP contribution in [-0.4, -0.2) is 5.78 Å². The number of carbonyl (C=O) groups is 1. The molecule has 1 nitrogen and oxygen atoms in total. The molecule has 1 heteroatoms. The second kappa shape index (κ2) is 5.40. The highest BCUT2D eigenvalue weighted by Gasteiger charge is 2.09. The maximum absolute atomic E-state index is 12.3. The second-order valence-electron chi connectivity index (χ2n) is 5.33. The maximum atomic E-state index is 12.3. The van der Waals surface area contributed by atoms with Crippen molar-refractivity contribution in [2.24, 2.45) is 0 Å². The number of rotatable bonds is 3. The van der Waals surface area contributed by atoms with Crippen molar-refractivity contribution in [3.8, 4) is 0 Å². The zero-order valence-electron chi connectivity index (χ0n) is 12.1. The smallest absolute Gasteiger partial charge is 0.167 e. The number of carbonyl (C=O) groups excluding carboxylic acids is 1. The van der Waals surface area contributed by atoms with Crippen molar-refractivity contribution in [3.05, 3.63) is 69.8 Å². The van der Waals surface area contributed by atoms with Gasteiger partial charge in [0.15, 0.2) is 5.78 Å². The predicted octanol–water partition coefficient (Wildman–Crippen LogP) is 4.35. The molecule has 0 aromatic heterocycles. The van der Waals surface area contributed by atoms with E-state index in [9.17, 15) is 4.79 Å². The fraction of sp³-hybridized carbons (Fsp3) is 0.278. The van der Waals surface area contributed by atoms with Crippen LogP contribution in [-0.2, 0) is 6.42 Å². The standard InChI is InChI=1S/C18H20O/c1-12-5-7-16(15(4)9-12)11-18(19)17-8-6-13(2)14(3)10-17/h5-10H,11H2,1-4H3. The minimum Gasteiger partial charge on any atom is -0.294 e. The lowest BCUT2D eigenvalue weighted by Crippen LogP contribution is -2.05. The average molecular weight is 252 g/mol. The van der Waals surface area contributed by atoms with E-state index in [0.29, 0.717) is 6.42 Å². The number of benzene rings is 2. The van der Waals surface area contributed by atoms with Gasteiger partial charge in [-0.3, -0.25) is 4.79 Å². The molecule has 0 saturated carbocycles.